The first-order valence-electron chi connectivity index (χ1n) is 17.0. The maximum atomic E-state index is 14.0. The standard InChI is InChI=1S/C35H50FN5O6/c1-5-22(2)32-31(43)21-40-18-12-11-16-29(40)35(46)37-26(14-7-6-8-17-30(42)23(3)36)33(44)38-27(34(45)39-32)19-24-20-41(47-4)28-15-10-9-13-25(24)28/h9-10,13,15,20,22-23,26-27,29,32H,5-8,11-12,14,16-19,21H2,1-4H3,(H,37,46)(H,38,44)(H,39,45)/t22-,23?,26-,27-,29+,32-/m0/s1. The number of aromatic nitrogens is 1. The SMILES string of the molecule is CC[C@H](C)[C@@H]1NC(=O)[C@H](Cc2cn(OC)c3ccccc23)NC(=O)[C@H](CCCCCC(=O)C(C)F)NC(=O)[C@H]2CCCCN2CC1=O. The number of carbonyl (C=O) groups excluding carboxylic acids is 5. The molecule has 1 aromatic carbocycles. The molecule has 6 atom stereocenters. The van der Waals surface area contributed by atoms with Crippen molar-refractivity contribution in [2.75, 3.05) is 20.2 Å². The van der Waals surface area contributed by atoms with Gasteiger partial charge in [0.2, 0.25) is 17.7 Å². The summed E-state index contributed by atoms with van der Waals surface area (Å²) < 4.78 is 14.9. The first-order valence-corrected chi connectivity index (χ1v) is 17.0. The largest absolute Gasteiger partial charge is 0.417 e. The average molecular weight is 656 g/mol. The second-order valence-electron chi connectivity index (χ2n) is 13.0. The number of piperidine rings is 1. The summed E-state index contributed by atoms with van der Waals surface area (Å²) >= 11 is 0. The Kier molecular flexibility index (Phi) is 12.9. The summed E-state index contributed by atoms with van der Waals surface area (Å²) in [7, 11) is 1.54. The van der Waals surface area contributed by atoms with Gasteiger partial charge in [-0.15, -0.1) is 0 Å². The molecule has 1 unspecified atom stereocenters. The maximum absolute atomic E-state index is 14.0. The fourth-order valence-electron chi connectivity index (χ4n) is 6.60. The van der Waals surface area contributed by atoms with E-state index in [-0.39, 0.29) is 43.4 Å². The molecule has 11 nitrogen and oxygen atoms in total. The molecule has 0 saturated carbocycles. The molecule has 2 aliphatic rings. The van der Waals surface area contributed by atoms with Crippen LogP contribution < -0.4 is 20.8 Å². The van der Waals surface area contributed by atoms with Crippen molar-refractivity contribution < 1.29 is 33.2 Å². The zero-order valence-corrected chi connectivity index (χ0v) is 28.1. The van der Waals surface area contributed by atoms with E-state index in [2.05, 4.69) is 16.0 Å². The second-order valence-corrected chi connectivity index (χ2v) is 13.0. The molecule has 2 aliphatic heterocycles. The van der Waals surface area contributed by atoms with Crippen LogP contribution in [0.5, 0.6) is 0 Å². The molecular formula is C35H50FN5O6. The summed E-state index contributed by atoms with van der Waals surface area (Å²) in [6.07, 6.45) is 5.19. The van der Waals surface area contributed by atoms with Gasteiger partial charge in [-0.05, 0) is 56.7 Å². The Morgan fingerprint density at radius 3 is 2.43 bits per heavy atom. The second kappa shape index (κ2) is 16.9. The highest BCUT2D eigenvalue weighted by Gasteiger charge is 2.37. The third kappa shape index (κ3) is 9.18. The molecule has 12 heteroatoms. The van der Waals surface area contributed by atoms with Gasteiger partial charge in [0.15, 0.2) is 17.7 Å². The molecule has 258 valence electrons. The van der Waals surface area contributed by atoms with E-state index in [1.165, 1.54) is 6.92 Å². The Balaban J connectivity index is 1.65. The van der Waals surface area contributed by atoms with E-state index in [1.54, 1.807) is 18.0 Å². The number of nitrogens with one attached hydrogen (secondary N) is 3. The van der Waals surface area contributed by atoms with E-state index >= 15 is 0 Å². The Labute approximate surface area is 276 Å². The Morgan fingerprint density at radius 1 is 0.979 bits per heavy atom. The predicted molar refractivity (Wildman–Crippen MR) is 176 cm³/mol. The molecule has 0 aliphatic carbocycles. The van der Waals surface area contributed by atoms with E-state index in [9.17, 15) is 28.4 Å². The minimum Gasteiger partial charge on any atom is -0.417 e. The molecule has 3 N–H and O–H groups in total. The summed E-state index contributed by atoms with van der Waals surface area (Å²) in [5, 5.41) is 9.68. The Hall–Kier alpha value is -3.80. The third-order valence-corrected chi connectivity index (χ3v) is 9.64. The van der Waals surface area contributed by atoms with Gasteiger partial charge in [-0.3, -0.25) is 28.9 Å². The van der Waals surface area contributed by atoms with Crippen molar-refractivity contribution in [2.24, 2.45) is 5.92 Å². The van der Waals surface area contributed by atoms with Crippen molar-refractivity contribution in [3.8, 4) is 0 Å². The molecule has 0 bridgehead atoms. The van der Waals surface area contributed by atoms with Gasteiger partial charge in [-0.2, -0.15) is 4.73 Å². The van der Waals surface area contributed by atoms with Crippen molar-refractivity contribution in [3.05, 3.63) is 36.0 Å². The molecule has 47 heavy (non-hydrogen) atoms. The lowest BCUT2D eigenvalue weighted by Gasteiger charge is -2.36. The first-order chi connectivity index (χ1) is 22.5. The predicted octanol–water partition coefficient (Wildman–Crippen LogP) is 3.06. The van der Waals surface area contributed by atoms with Gasteiger partial charge in [-0.25, -0.2) is 4.39 Å². The summed E-state index contributed by atoms with van der Waals surface area (Å²) in [6, 6.07) is 4.22. The normalized spacial score (nSPS) is 24.5. The van der Waals surface area contributed by atoms with Crippen molar-refractivity contribution in [3.63, 3.8) is 0 Å². The van der Waals surface area contributed by atoms with Crippen molar-refractivity contribution in [1.82, 2.24) is 25.6 Å². The van der Waals surface area contributed by atoms with Gasteiger partial charge in [-0.1, -0.05) is 57.7 Å². The van der Waals surface area contributed by atoms with Crippen LogP contribution in [0.25, 0.3) is 10.9 Å². The molecule has 1 aromatic heterocycles. The van der Waals surface area contributed by atoms with E-state index < -0.39 is 47.9 Å². The van der Waals surface area contributed by atoms with Gasteiger partial charge in [0, 0.05) is 24.4 Å². The summed E-state index contributed by atoms with van der Waals surface area (Å²) in [6.45, 7) is 5.68. The fraction of sp³-hybridized carbons (Fsp3) is 0.629. The van der Waals surface area contributed by atoms with Crippen LogP contribution in [0, 0.1) is 5.92 Å². The fourth-order valence-corrected chi connectivity index (χ4v) is 6.60. The lowest BCUT2D eigenvalue weighted by molar-refractivity contribution is -0.134. The number of fused-ring (bicyclic) bond motifs is 2. The first kappa shape index (κ1) is 36.0. The topological polar surface area (TPSA) is 139 Å². The zero-order chi connectivity index (χ0) is 34.1. The number of benzene rings is 1. The highest BCUT2D eigenvalue weighted by atomic mass is 19.1. The molecule has 4 rings (SSSR count). The molecule has 2 saturated heterocycles. The van der Waals surface area contributed by atoms with Crippen molar-refractivity contribution in [1.29, 1.82) is 0 Å². The number of hydrogen-bond donors (Lipinski definition) is 3. The molecule has 0 spiro atoms. The van der Waals surface area contributed by atoms with E-state index in [4.69, 9.17) is 4.84 Å². The number of rotatable bonds is 12. The van der Waals surface area contributed by atoms with Crippen LogP contribution in [-0.4, -0.2) is 89.5 Å². The maximum Gasteiger partial charge on any atom is 0.243 e. The average Bonchev–Trinajstić information content (AvgIpc) is 3.42. The number of amides is 3. The van der Waals surface area contributed by atoms with Crippen LogP contribution in [-0.2, 0) is 30.4 Å². The van der Waals surface area contributed by atoms with E-state index in [1.807, 2.05) is 43.0 Å². The quantitative estimate of drug-likeness (QED) is 0.299. The van der Waals surface area contributed by atoms with Gasteiger partial charge in [0.25, 0.3) is 0 Å². The summed E-state index contributed by atoms with van der Waals surface area (Å²) in [5.41, 5.74) is 1.57. The lowest BCUT2D eigenvalue weighted by atomic mass is 9.93. The number of ketones is 2. The highest BCUT2D eigenvalue weighted by Crippen LogP contribution is 2.23. The Bertz CT molecular complexity index is 1430. The van der Waals surface area contributed by atoms with Crippen molar-refractivity contribution in [2.45, 2.75) is 115 Å². The minimum atomic E-state index is -1.51. The highest BCUT2D eigenvalue weighted by molar-refractivity contribution is 5.97. The molecular weight excluding hydrogens is 605 g/mol. The van der Waals surface area contributed by atoms with Crippen molar-refractivity contribution >= 4 is 40.2 Å². The molecule has 2 fully saturated rings. The van der Waals surface area contributed by atoms with E-state index in [0.29, 0.717) is 38.6 Å². The number of para-hydroxylation sites is 1. The summed E-state index contributed by atoms with van der Waals surface area (Å²) in [4.78, 5) is 74.6. The number of carbonyl (C=O) groups is 5. The van der Waals surface area contributed by atoms with Gasteiger partial charge in [0.1, 0.15) is 19.2 Å². The number of nitrogens with zero attached hydrogens (tertiary/aromatic N) is 2. The number of Topliss-reactive ketones (excluding diaryl/α,β-unsaturated/α-hetero) is 2. The van der Waals surface area contributed by atoms with Gasteiger partial charge >= 0.3 is 0 Å². The van der Waals surface area contributed by atoms with Crippen LogP contribution in [0.3, 0.4) is 0 Å². The molecule has 2 aromatic rings. The number of alkyl halides is 1. The van der Waals surface area contributed by atoms with Crippen LogP contribution in [0.4, 0.5) is 4.39 Å². The van der Waals surface area contributed by atoms with Gasteiger partial charge in [0.05, 0.1) is 24.1 Å². The van der Waals surface area contributed by atoms with Crippen LogP contribution in [0.1, 0.15) is 84.1 Å². The van der Waals surface area contributed by atoms with Crippen LogP contribution in [0.15, 0.2) is 30.5 Å². The smallest absolute Gasteiger partial charge is 0.243 e. The minimum absolute atomic E-state index is 0.0203. The molecule has 3 heterocycles. The zero-order valence-electron chi connectivity index (χ0n) is 28.1. The monoisotopic (exact) mass is 655 g/mol. The number of halogens is 1. The van der Waals surface area contributed by atoms with Crippen LogP contribution in [0.2, 0.25) is 0 Å². The number of unbranched alkanes of at least 4 members (excludes halogenated alkanes) is 2. The molecule has 0 radical (unpaired) electrons. The Morgan fingerprint density at radius 2 is 1.70 bits per heavy atom. The summed E-state index contributed by atoms with van der Waals surface area (Å²) in [5.74, 6) is -2.09. The van der Waals surface area contributed by atoms with Crippen LogP contribution >= 0.6 is 0 Å². The van der Waals surface area contributed by atoms with Gasteiger partial charge < -0.3 is 20.8 Å². The molecule has 3 amide bonds. The van der Waals surface area contributed by atoms with E-state index in [0.717, 1.165) is 29.3 Å². The third-order valence-electron chi connectivity index (χ3n) is 9.64. The number of hydrogen-bond acceptors (Lipinski definition) is 7. The lowest BCUT2D eigenvalue weighted by Crippen LogP contribution is -2.57.